The first-order chi connectivity index (χ1) is 16.6. The molecular formula is C28H47N3O4. The van der Waals surface area contributed by atoms with E-state index >= 15 is 0 Å². The minimum Gasteiger partial charge on any atom is -0.469 e. The van der Waals surface area contributed by atoms with Gasteiger partial charge in [-0.05, 0) is 40.0 Å². The molecule has 1 saturated heterocycles. The quantitative estimate of drug-likeness (QED) is 0.210. The van der Waals surface area contributed by atoms with Crippen LogP contribution in [0.2, 0.25) is 0 Å². The molecule has 0 spiro atoms. The largest absolute Gasteiger partial charge is 0.469 e. The Labute approximate surface area is 213 Å². The summed E-state index contributed by atoms with van der Waals surface area (Å²) in [7, 11) is 1.47. The first-order valence-corrected chi connectivity index (χ1v) is 12.4. The topological polar surface area (TPSA) is 129 Å². The van der Waals surface area contributed by atoms with E-state index in [0.717, 1.165) is 19.3 Å². The number of nitriles is 1. The summed E-state index contributed by atoms with van der Waals surface area (Å²) in [5.41, 5.74) is 6.44. The zero-order valence-corrected chi connectivity index (χ0v) is 22.4. The van der Waals surface area contributed by atoms with Crippen molar-refractivity contribution in [2.45, 2.75) is 91.3 Å². The molecule has 0 bridgehead atoms. The predicted molar refractivity (Wildman–Crippen MR) is 143 cm³/mol. The van der Waals surface area contributed by atoms with Gasteiger partial charge in [-0.25, -0.2) is 0 Å². The summed E-state index contributed by atoms with van der Waals surface area (Å²) in [6.07, 6.45) is 20.1. The molecule has 7 nitrogen and oxygen atoms in total. The van der Waals surface area contributed by atoms with Crippen LogP contribution in [0.5, 0.6) is 0 Å². The van der Waals surface area contributed by atoms with Crippen molar-refractivity contribution in [1.29, 1.82) is 10.7 Å². The van der Waals surface area contributed by atoms with Crippen LogP contribution in [0.15, 0.2) is 23.8 Å². The highest BCUT2D eigenvalue weighted by Crippen LogP contribution is 2.36. The number of nitrogens with two attached hydrogens (primary N) is 1. The van der Waals surface area contributed by atoms with Gasteiger partial charge >= 0.3 is 5.97 Å². The second-order valence-corrected chi connectivity index (χ2v) is 9.01. The van der Waals surface area contributed by atoms with E-state index in [0.29, 0.717) is 19.6 Å². The van der Waals surface area contributed by atoms with E-state index in [9.17, 15) is 4.79 Å². The van der Waals surface area contributed by atoms with Crippen LogP contribution in [-0.4, -0.2) is 49.8 Å². The first-order valence-electron chi connectivity index (χ1n) is 12.4. The smallest absolute Gasteiger partial charge is 0.311 e. The highest BCUT2D eigenvalue weighted by Gasteiger charge is 2.35. The molecular weight excluding hydrogens is 442 g/mol. The average Bonchev–Trinajstić information content (AvgIpc) is 3.32. The molecule has 2 rings (SSSR count). The molecule has 0 aromatic heterocycles. The van der Waals surface area contributed by atoms with Crippen LogP contribution in [0.4, 0.5) is 0 Å². The number of aliphatic hydroxyl groups excluding tert-OH is 1. The molecule has 4 N–H and O–H groups in total. The highest BCUT2D eigenvalue weighted by atomic mass is 16.5. The monoisotopic (exact) mass is 489 g/mol. The van der Waals surface area contributed by atoms with Gasteiger partial charge < -0.3 is 25.7 Å². The van der Waals surface area contributed by atoms with E-state index in [2.05, 4.69) is 31.1 Å². The molecule has 198 valence electrons. The third-order valence-electron chi connectivity index (χ3n) is 5.56. The Kier molecular flexibility index (Phi) is 21.9. The Balaban J connectivity index is 0. The second-order valence-electron chi connectivity index (χ2n) is 9.01. The Morgan fingerprint density at radius 3 is 2.37 bits per heavy atom. The van der Waals surface area contributed by atoms with Crippen molar-refractivity contribution in [3.63, 3.8) is 0 Å². The van der Waals surface area contributed by atoms with E-state index in [-0.39, 0.29) is 23.4 Å². The van der Waals surface area contributed by atoms with E-state index in [1.165, 1.54) is 44.6 Å². The zero-order chi connectivity index (χ0) is 27.1. The fourth-order valence-corrected chi connectivity index (χ4v) is 3.09. The summed E-state index contributed by atoms with van der Waals surface area (Å²) in [5.74, 6) is 2.35. The summed E-state index contributed by atoms with van der Waals surface area (Å²) < 4.78 is 9.56. The fourth-order valence-electron chi connectivity index (χ4n) is 3.09. The van der Waals surface area contributed by atoms with Crippen LogP contribution in [0.1, 0.15) is 79.1 Å². The van der Waals surface area contributed by atoms with Gasteiger partial charge in [-0.3, -0.25) is 4.79 Å². The third-order valence-corrected chi connectivity index (χ3v) is 5.56. The van der Waals surface area contributed by atoms with Crippen molar-refractivity contribution in [1.82, 2.24) is 0 Å². The molecule has 0 amide bonds. The molecule has 2 aliphatic rings. The third kappa shape index (κ3) is 18.5. The van der Waals surface area contributed by atoms with E-state index in [4.69, 9.17) is 37.4 Å². The number of esters is 1. The molecule has 35 heavy (non-hydrogen) atoms. The number of unbranched alkanes of at least 4 members (excludes halogenated alkanes) is 1. The van der Waals surface area contributed by atoms with E-state index in [1.54, 1.807) is 6.92 Å². The maximum Gasteiger partial charge on any atom is 0.311 e. The standard InChI is InChI=1S/C9H17N.C9H16O2.C5H7NO2.C5H7N/c1-3-4-5-6-7-9(2)8-10;1-9(8(10)11-2)6-4-3-5-7-9;6-2-5-1-4(7)3-8-5;1-3-5(2)4-6/h5-7H,3-4,8,10H2,1-2H3;3-7H2,1-2H3;4-5,7H,1,3H2;1,4-6H,2H3/b6-5-,9-7+;;;. The van der Waals surface area contributed by atoms with Crippen LogP contribution in [0.25, 0.3) is 0 Å². The van der Waals surface area contributed by atoms with Gasteiger partial charge in [0.05, 0.1) is 37.2 Å². The number of carbonyl (C=O) groups is 1. The van der Waals surface area contributed by atoms with Crippen LogP contribution < -0.4 is 5.73 Å². The van der Waals surface area contributed by atoms with Crippen LogP contribution in [0.3, 0.4) is 0 Å². The van der Waals surface area contributed by atoms with Crippen molar-refractivity contribution in [2.24, 2.45) is 17.1 Å². The number of terminal acetylenes is 1. The summed E-state index contributed by atoms with van der Waals surface area (Å²) in [4.78, 5) is 11.3. The molecule has 1 aliphatic heterocycles. The predicted octanol–water partition coefficient (Wildman–Crippen LogP) is 4.94. The summed E-state index contributed by atoms with van der Waals surface area (Å²) in [5, 5.41) is 23.5. The number of rotatable bonds is 6. The number of hydrogen-bond acceptors (Lipinski definition) is 7. The average molecular weight is 490 g/mol. The molecule has 1 saturated carbocycles. The van der Waals surface area contributed by atoms with Crippen molar-refractivity contribution >= 4 is 12.2 Å². The zero-order valence-electron chi connectivity index (χ0n) is 22.4. The lowest BCUT2D eigenvalue weighted by molar-refractivity contribution is -0.153. The molecule has 7 heteroatoms. The van der Waals surface area contributed by atoms with Gasteiger partial charge in [0.25, 0.3) is 0 Å². The van der Waals surface area contributed by atoms with Crippen LogP contribution in [0, 0.1) is 40.4 Å². The normalized spacial score (nSPS) is 21.3. The van der Waals surface area contributed by atoms with Gasteiger partial charge in [0.2, 0.25) is 0 Å². The molecule has 0 aromatic rings. The van der Waals surface area contributed by atoms with Crippen molar-refractivity contribution in [2.75, 3.05) is 20.3 Å². The minimum atomic E-state index is -0.417. The SMILES string of the molecule is C#CC(C)C=N.CCC/C=C\C=C(/C)CN.COC(=O)C1(C)CCCCC1.N#CC1CC(O)CO1. The number of aliphatic hydroxyl groups is 1. The molecule has 0 radical (unpaired) electrons. The lowest BCUT2D eigenvalue weighted by atomic mass is 9.76. The van der Waals surface area contributed by atoms with Crippen molar-refractivity contribution in [3.05, 3.63) is 23.8 Å². The Morgan fingerprint density at radius 1 is 1.40 bits per heavy atom. The van der Waals surface area contributed by atoms with Crippen LogP contribution >= 0.6 is 0 Å². The number of nitrogens with one attached hydrogen (secondary N) is 1. The molecule has 0 aromatic carbocycles. The van der Waals surface area contributed by atoms with Gasteiger partial charge in [-0.2, -0.15) is 5.26 Å². The lowest BCUT2D eigenvalue weighted by Crippen LogP contribution is -2.31. The molecule has 1 heterocycles. The second kappa shape index (κ2) is 22.0. The summed E-state index contributed by atoms with van der Waals surface area (Å²) in [6.45, 7) is 9.00. The van der Waals surface area contributed by atoms with Crippen molar-refractivity contribution < 1.29 is 19.4 Å². The van der Waals surface area contributed by atoms with Gasteiger partial charge in [0, 0.05) is 19.2 Å². The minimum absolute atomic E-state index is 0.00463. The highest BCUT2D eigenvalue weighted by molar-refractivity contribution is 5.76. The number of hydrogen-bond donors (Lipinski definition) is 3. The van der Waals surface area contributed by atoms with Gasteiger partial charge in [0.1, 0.15) is 6.10 Å². The Morgan fingerprint density at radius 2 is 2.03 bits per heavy atom. The maximum atomic E-state index is 11.3. The van der Waals surface area contributed by atoms with Gasteiger partial charge in [-0.15, -0.1) is 6.42 Å². The maximum absolute atomic E-state index is 11.3. The summed E-state index contributed by atoms with van der Waals surface area (Å²) in [6, 6.07) is 1.91. The number of nitrogens with zero attached hydrogens (tertiary/aromatic N) is 1. The Hall–Kier alpha value is -2.45. The van der Waals surface area contributed by atoms with Gasteiger partial charge in [-0.1, -0.05) is 62.3 Å². The van der Waals surface area contributed by atoms with Crippen LogP contribution in [-0.2, 0) is 14.3 Å². The number of methoxy groups -OCH3 is 1. The fraction of sp³-hybridized carbons (Fsp3) is 0.679. The molecule has 2 fully saturated rings. The van der Waals surface area contributed by atoms with E-state index in [1.807, 2.05) is 19.9 Å². The van der Waals surface area contributed by atoms with E-state index < -0.39 is 6.10 Å². The lowest BCUT2D eigenvalue weighted by Gasteiger charge is -2.30. The molecule has 3 atom stereocenters. The molecule has 1 aliphatic carbocycles. The number of allylic oxidation sites excluding steroid dienone is 3. The number of carbonyl (C=O) groups excluding carboxylic acids is 1. The Bertz CT molecular complexity index is 713. The summed E-state index contributed by atoms with van der Waals surface area (Å²) >= 11 is 0. The van der Waals surface area contributed by atoms with Gasteiger partial charge in [0.15, 0.2) is 0 Å². The molecule has 3 unspecified atom stereocenters. The number of ether oxygens (including phenoxy) is 2. The first kappa shape index (κ1) is 34.7. The van der Waals surface area contributed by atoms with Crippen molar-refractivity contribution in [3.8, 4) is 18.4 Å².